The Labute approximate surface area is 120 Å². The molecule has 0 bridgehead atoms. The molecule has 0 unspecified atom stereocenters. The summed E-state index contributed by atoms with van der Waals surface area (Å²) in [6.45, 7) is 3.64. The van der Waals surface area contributed by atoms with Gasteiger partial charge in [-0.05, 0) is 37.6 Å². The van der Waals surface area contributed by atoms with Crippen LogP contribution in [0.15, 0.2) is 30.6 Å². The normalized spacial score (nSPS) is 10.8. The molecule has 0 atom stereocenters. The second-order valence-electron chi connectivity index (χ2n) is 4.71. The molecule has 2 N–H and O–H groups in total. The Kier molecular flexibility index (Phi) is 3.02. The lowest BCUT2D eigenvalue weighted by Crippen LogP contribution is -2.04. The van der Waals surface area contributed by atoms with E-state index in [0.29, 0.717) is 11.3 Å². The van der Waals surface area contributed by atoms with Crippen LogP contribution in [-0.4, -0.2) is 30.7 Å². The standard InChI is InChI=1S/C14H13N5O2/c1-8-5-10(3-4-11(8)13(20)21)18-12-6-9(2)17-14-15-7-16-19(12)14/h3-7,18H,1-2H3,(H,20,21). The number of hydrogen-bond acceptors (Lipinski definition) is 5. The number of nitrogens with one attached hydrogen (secondary N) is 1. The molecule has 2 aromatic heterocycles. The van der Waals surface area contributed by atoms with Gasteiger partial charge in [0.2, 0.25) is 0 Å². The Bertz CT molecular complexity index is 840. The van der Waals surface area contributed by atoms with E-state index in [1.807, 2.05) is 13.0 Å². The first-order valence-electron chi connectivity index (χ1n) is 6.33. The number of aromatic carboxylic acids is 1. The van der Waals surface area contributed by atoms with Gasteiger partial charge in [0.1, 0.15) is 12.1 Å². The van der Waals surface area contributed by atoms with E-state index in [0.717, 1.165) is 17.2 Å². The summed E-state index contributed by atoms with van der Waals surface area (Å²) in [6, 6.07) is 6.92. The molecule has 3 rings (SSSR count). The molecular weight excluding hydrogens is 270 g/mol. The van der Waals surface area contributed by atoms with Gasteiger partial charge in [0.05, 0.1) is 5.56 Å². The van der Waals surface area contributed by atoms with Crippen molar-refractivity contribution in [3.63, 3.8) is 0 Å². The summed E-state index contributed by atoms with van der Waals surface area (Å²) < 4.78 is 1.59. The summed E-state index contributed by atoms with van der Waals surface area (Å²) in [5, 5.41) is 16.4. The van der Waals surface area contributed by atoms with E-state index < -0.39 is 5.97 Å². The smallest absolute Gasteiger partial charge is 0.335 e. The van der Waals surface area contributed by atoms with Crippen molar-refractivity contribution in [2.24, 2.45) is 0 Å². The predicted molar refractivity (Wildman–Crippen MR) is 76.9 cm³/mol. The highest BCUT2D eigenvalue weighted by atomic mass is 16.4. The Morgan fingerprint density at radius 3 is 2.81 bits per heavy atom. The van der Waals surface area contributed by atoms with Crippen molar-refractivity contribution in [1.29, 1.82) is 0 Å². The molecule has 0 radical (unpaired) electrons. The number of carboxylic acid groups (broad SMARTS) is 1. The maximum atomic E-state index is 11.0. The van der Waals surface area contributed by atoms with Gasteiger partial charge >= 0.3 is 5.97 Å². The first-order valence-corrected chi connectivity index (χ1v) is 6.33. The van der Waals surface area contributed by atoms with Crippen LogP contribution in [0.25, 0.3) is 5.78 Å². The Morgan fingerprint density at radius 1 is 1.29 bits per heavy atom. The first kappa shape index (κ1) is 13.0. The first-order chi connectivity index (χ1) is 10.0. The minimum Gasteiger partial charge on any atom is -0.478 e. The average molecular weight is 283 g/mol. The molecule has 0 saturated heterocycles. The Morgan fingerprint density at radius 2 is 2.10 bits per heavy atom. The predicted octanol–water partition coefficient (Wildman–Crippen LogP) is 2.18. The number of aromatic nitrogens is 4. The molecule has 0 saturated carbocycles. The summed E-state index contributed by atoms with van der Waals surface area (Å²) in [4.78, 5) is 19.3. The van der Waals surface area contributed by atoms with Gasteiger partial charge in [-0.15, -0.1) is 0 Å². The van der Waals surface area contributed by atoms with E-state index in [1.54, 1.807) is 29.6 Å². The van der Waals surface area contributed by atoms with Crippen LogP contribution in [0.2, 0.25) is 0 Å². The SMILES string of the molecule is Cc1cc(Nc2ccc(C(=O)O)c(C)c2)n2ncnc2n1. The van der Waals surface area contributed by atoms with Crippen molar-refractivity contribution in [1.82, 2.24) is 19.6 Å². The minimum absolute atomic E-state index is 0.289. The maximum absolute atomic E-state index is 11.0. The van der Waals surface area contributed by atoms with Crippen LogP contribution in [0.5, 0.6) is 0 Å². The number of carbonyl (C=O) groups is 1. The minimum atomic E-state index is -0.933. The Balaban J connectivity index is 2.00. The van der Waals surface area contributed by atoms with Crippen molar-refractivity contribution in [3.8, 4) is 0 Å². The number of aryl methyl sites for hydroxylation is 2. The van der Waals surface area contributed by atoms with Crippen LogP contribution < -0.4 is 5.32 Å². The van der Waals surface area contributed by atoms with Crippen LogP contribution in [0.3, 0.4) is 0 Å². The zero-order chi connectivity index (χ0) is 15.0. The van der Waals surface area contributed by atoms with Crippen LogP contribution in [0.1, 0.15) is 21.6 Å². The van der Waals surface area contributed by atoms with E-state index >= 15 is 0 Å². The molecule has 21 heavy (non-hydrogen) atoms. The molecule has 0 amide bonds. The molecule has 0 fully saturated rings. The number of carboxylic acids is 1. The zero-order valence-corrected chi connectivity index (χ0v) is 11.5. The molecule has 0 aliphatic heterocycles. The molecule has 3 aromatic rings. The monoisotopic (exact) mass is 283 g/mol. The van der Waals surface area contributed by atoms with Gasteiger partial charge in [-0.3, -0.25) is 0 Å². The fraction of sp³-hybridized carbons (Fsp3) is 0.143. The molecular formula is C14H13N5O2. The van der Waals surface area contributed by atoms with Crippen LogP contribution in [0, 0.1) is 13.8 Å². The molecule has 106 valence electrons. The third-order valence-electron chi connectivity index (χ3n) is 3.11. The summed E-state index contributed by atoms with van der Waals surface area (Å²) in [7, 11) is 0. The van der Waals surface area contributed by atoms with Gasteiger partial charge in [-0.2, -0.15) is 14.6 Å². The van der Waals surface area contributed by atoms with Crippen molar-refractivity contribution in [2.45, 2.75) is 13.8 Å². The lowest BCUT2D eigenvalue weighted by atomic mass is 10.1. The summed E-state index contributed by atoms with van der Waals surface area (Å²) in [6.07, 6.45) is 1.44. The van der Waals surface area contributed by atoms with E-state index in [4.69, 9.17) is 5.11 Å². The van der Waals surface area contributed by atoms with Crippen molar-refractivity contribution in [2.75, 3.05) is 5.32 Å². The Hall–Kier alpha value is -2.96. The van der Waals surface area contributed by atoms with Gasteiger partial charge in [0.25, 0.3) is 5.78 Å². The molecule has 0 aliphatic carbocycles. The summed E-state index contributed by atoms with van der Waals surface area (Å²) >= 11 is 0. The fourth-order valence-corrected chi connectivity index (χ4v) is 2.15. The highest BCUT2D eigenvalue weighted by Gasteiger charge is 2.09. The third-order valence-corrected chi connectivity index (χ3v) is 3.11. The van der Waals surface area contributed by atoms with E-state index in [-0.39, 0.29) is 5.56 Å². The van der Waals surface area contributed by atoms with Crippen molar-refractivity contribution >= 4 is 23.3 Å². The number of anilines is 2. The van der Waals surface area contributed by atoms with Crippen LogP contribution in [0.4, 0.5) is 11.5 Å². The number of rotatable bonds is 3. The van der Waals surface area contributed by atoms with E-state index in [2.05, 4.69) is 20.4 Å². The number of nitrogens with zero attached hydrogens (tertiary/aromatic N) is 4. The molecule has 7 heteroatoms. The van der Waals surface area contributed by atoms with Gasteiger partial charge < -0.3 is 10.4 Å². The van der Waals surface area contributed by atoms with Crippen LogP contribution in [-0.2, 0) is 0 Å². The lowest BCUT2D eigenvalue weighted by molar-refractivity contribution is 0.0696. The van der Waals surface area contributed by atoms with Gasteiger partial charge in [0, 0.05) is 17.4 Å². The highest BCUT2D eigenvalue weighted by molar-refractivity contribution is 5.90. The largest absolute Gasteiger partial charge is 0.478 e. The third kappa shape index (κ3) is 2.40. The summed E-state index contributed by atoms with van der Waals surface area (Å²) in [5.41, 5.74) is 2.57. The summed E-state index contributed by atoms with van der Waals surface area (Å²) in [5.74, 6) is 0.298. The second-order valence-corrected chi connectivity index (χ2v) is 4.71. The van der Waals surface area contributed by atoms with E-state index in [1.165, 1.54) is 6.33 Å². The number of hydrogen-bond donors (Lipinski definition) is 2. The molecule has 0 aliphatic rings. The maximum Gasteiger partial charge on any atom is 0.335 e. The van der Waals surface area contributed by atoms with Gasteiger partial charge in [0.15, 0.2) is 0 Å². The van der Waals surface area contributed by atoms with Crippen molar-refractivity contribution < 1.29 is 9.90 Å². The van der Waals surface area contributed by atoms with Gasteiger partial charge in [-0.25, -0.2) is 9.78 Å². The lowest BCUT2D eigenvalue weighted by Gasteiger charge is -2.10. The fourth-order valence-electron chi connectivity index (χ4n) is 2.15. The van der Waals surface area contributed by atoms with E-state index in [9.17, 15) is 4.79 Å². The average Bonchev–Trinajstić information content (AvgIpc) is 2.86. The quantitative estimate of drug-likeness (QED) is 0.765. The number of fused-ring (bicyclic) bond motifs is 1. The topological polar surface area (TPSA) is 92.4 Å². The second kappa shape index (κ2) is 4.86. The van der Waals surface area contributed by atoms with Crippen LogP contribution >= 0.6 is 0 Å². The van der Waals surface area contributed by atoms with Gasteiger partial charge in [-0.1, -0.05) is 0 Å². The molecule has 2 heterocycles. The number of benzene rings is 1. The molecule has 1 aromatic carbocycles. The molecule has 0 spiro atoms. The zero-order valence-electron chi connectivity index (χ0n) is 11.5. The molecule has 7 nitrogen and oxygen atoms in total. The highest BCUT2D eigenvalue weighted by Crippen LogP contribution is 2.20. The van der Waals surface area contributed by atoms with Crippen molar-refractivity contribution in [3.05, 3.63) is 47.4 Å².